The molecule has 0 aliphatic carbocycles. The Morgan fingerprint density at radius 2 is 1.10 bits per heavy atom. The maximum Gasteiger partial charge on any atom is 0.0621 e. The van der Waals surface area contributed by atoms with Crippen molar-refractivity contribution in [3.8, 4) is 0 Å². The standard InChI is InChI=1S/C35H34N2P2/c1-26-23-34-35-32(24-33(26)39(34,31-21-13-6-14-22-31)37-29-17-9-4-10-18-29)27(2)25-38(35,30-19-11-5-12-20-30)36-28-15-7-3-8-16-28/h3-23,25,32-35H,24H2,1-2H3/t32-,33+,34+,35+,38+,39?/m1/s1. The second-order valence-corrected chi connectivity index (χ2v) is 17.6. The van der Waals surface area contributed by atoms with E-state index in [1.54, 1.807) is 0 Å². The van der Waals surface area contributed by atoms with Crippen LogP contribution < -0.4 is 10.6 Å². The molecule has 4 aromatic carbocycles. The summed E-state index contributed by atoms with van der Waals surface area (Å²) in [7, 11) is -4.13. The first-order chi connectivity index (χ1) is 19.1. The molecule has 3 aliphatic rings. The highest BCUT2D eigenvalue weighted by Gasteiger charge is 2.60. The van der Waals surface area contributed by atoms with E-state index in [4.69, 9.17) is 9.49 Å². The zero-order valence-electron chi connectivity index (χ0n) is 22.5. The van der Waals surface area contributed by atoms with Crippen LogP contribution in [-0.4, -0.2) is 17.0 Å². The topological polar surface area (TPSA) is 24.7 Å². The molecule has 0 N–H and O–H groups in total. The summed E-state index contributed by atoms with van der Waals surface area (Å²) in [6, 6.07) is 43.9. The zero-order valence-corrected chi connectivity index (χ0v) is 24.3. The molecule has 0 radical (unpaired) electrons. The lowest BCUT2D eigenvalue weighted by Crippen LogP contribution is -2.40. The van der Waals surface area contributed by atoms with Crippen LogP contribution in [0.5, 0.6) is 0 Å². The Bertz CT molecular complexity index is 1670. The molecule has 2 bridgehead atoms. The molecule has 7 rings (SSSR count). The van der Waals surface area contributed by atoms with E-state index in [9.17, 15) is 0 Å². The predicted molar refractivity (Wildman–Crippen MR) is 170 cm³/mol. The van der Waals surface area contributed by atoms with Gasteiger partial charge in [0, 0.05) is 31.1 Å². The van der Waals surface area contributed by atoms with E-state index in [1.807, 2.05) is 0 Å². The third-order valence-electron chi connectivity index (χ3n) is 8.98. The molecule has 0 spiro atoms. The van der Waals surface area contributed by atoms with E-state index in [0.717, 1.165) is 17.8 Å². The fourth-order valence-corrected chi connectivity index (χ4v) is 18.1. The fraction of sp³-hybridized carbons (Fsp3) is 0.200. The molecule has 3 heterocycles. The van der Waals surface area contributed by atoms with Gasteiger partial charge < -0.3 is 0 Å². The summed E-state index contributed by atoms with van der Waals surface area (Å²) in [4.78, 5) is 0. The Morgan fingerprint density at radius 1 is 0.590 bits per heavy atom. The molecule has 4 heteroatoms. The Balaban J connectivity index is 1.55. The maximum atomic E-state index is 5.86. The molecule has 1 saturated heterocycles. The summed E-state index contributed by atoms with van der Waals surface area (Å²) in [6.45, 7) is 4.75. The third-order valence-corrected chi connectivity index (χ3v) is 17.9. The average molecular weight is 545 g/mol. The van der Waals surface area contributed by atoms with Gasteiger partial charge in [0.2, 0.25) is 0 Å². The monoisotopic (exact) mass is 544 g/mol. The second kappa shape index (κ2) is 9.78. The average Bonchev–Trinajstić information content (AvgIpc) is 3.34. The summed E-state index contributed by atoms with van der Waals surface area (Å²) < 4.78 is 11.6. The highest BCUT2D eigenvalue weighted by molar-refractivity contribution is 7.81. The number of allylic oxidation sites excluding steroid dienone is 3. The van der Waals surface area contributed by atoms with Crippen molar-refractivity contribution in [1.82, 2.24) is 0 Å². The lowest BCUT2D eigenvalue weighted by Gasteiger charge is -2.47. The van der Waals surface area contributed by atoms with Crippen molar-refractivity contribution in [3.05, 3.63) is 144 Å². The van der Waals surface area contributed by atoms with E-state index in [0.29, 0.717) is 22.9 Å². The third kappa shape index (κ3) is 3.92. The van der Waals surface area contributed by atoms with Crippen LogP contribution in [0.15, 0.2) is 154 Å². The summed E-state index contributed by atoms with van der Waals surface area (Å²) in [5, 5.41) is 2.83. The lowest BCUT2D eigenvalue weighted by molar-refractivity contribution is 0.536. The van der Waals surface area contributed by atoms with Gasteiger partial charge in [0.05, 0.1) is 11.4 Å². The first-order valence-corrected chi connectivity index (χ1v) is 17.7. The summed E-state index contributed by atoms with van der Waals surface area (Å²) in [5.74, 6) is 3.15. The largest absolute Gasteiger partial charge is 0.262 e. The fourth-order valence-electron chi connectivity index (χ4n) is 7.41. The van der Waals surface area contributed by atoms with E-state index in [-0.39, 0.29) is 0 Å². The highest BCUT2D eigenvalue weighted by atomic mass is 31.2. The van der Waals surface area contributed by atoms with Gasteiger partial charge in [0.25, 0.3) is 0 Å². The molecule has 0 amide bonds. The van der Waals surface area contributed by atoms with Crippen molar-refractivity contribution in [2.45, 2.75) is 37.2 Å². The van der Waals surface area contributed by atoms with Crippen molar-refractivity contribution in [1.29, 1.82) is 0 Å². The number of rotatable bonds is 4. The van der Waals surface area contributed by atoms with Crippen LogP contribution in [0.1, 0.15) is 20.3 Å². The Hall–Kier alpha value is -3.18. The van der Waals surface area contributed by atoms with Crippen molar-refractivity contribution >= 4 is 36.1 Å². The highest BCUT2D eigenvalue weighted by Crippen LogP contribution is 2.80. The maximum absolute atomic E-state index is 5.86. The molecule has 6 atom stereocenters. The molecule has 1 unspecified atom stereocenters. The smallest absolute Gasteiger partial charge is 0.0621 e. The van der Waals surface area contributed by atoms with Crippen LogP contribution in [0.25, 0.3) is 0 Å². The molecule has 2 nitrogen and oxygen atoms in total. The number of benzene rings is 4. The minimum absolute atomic E-state index is 0.360. The van der Waals surface area contributed by atoms with Crippen LogP contribution in [0.4, 0.5) is 11.4 Å². The first kappa shape index (κ1) is 24.8. The number of hydrogen-bond donors (Lipinski definition) is 0. The molecule has 194 valence electrons. The van der Waals surface area contributed by atoms with Crippen LogP contribution in [-0.2, 0) is 0 Å². The van der Waals surface area contributed by atoms with Crippen LogP contribution >= 0.6 is 14.1 Å². The Morgan fingerprint density at radius 3 is 1.69 bits per heavy atom. The molecule has 0 aromatic heterocycles. The van der Waals surface area contributed by atoms with E-state index in [2.05, 4.69) is 147 Å². The van der Waals surface area contributed by atoms with Crippen molar-refractivity contribution in [3.63, 3.8) is 0 Å². The number of hydrogen-bond acceptors (Lipinski definition) is 2. The SMILES string of the molecule is CC1=C[P@](=Nc2ccccc2)(c2ccccc2)[C@H]2[C@@H]1C[C@H]1C(C)=C[C@@H]2P1(=Nc1ccccc1)c1ccccc1. The van der Waals surface area contributed by atoms with Gasteiger partial charge in [-0.25, -0.2) is 0 Å². The Labute approximate surface area is 232 Å². The first-order valence-electron chi connectivity index (χ1n) is 13.9. The van der Waals surface area contributed by atoms with Crippen LogP contribution in [0.2, 0.25) is 0 Å². The molecule has 4 aromatic rings. The van der Waals surface area contributed by atoms with Gasteiger partial charge in [0.1, 0.15) is 0 Å². The molecule has 1 fully saturated rings. The van der Waals surface area contributed by atoms with Gasteiger partial charge in [0.15, 0.2) is 0 Å². The van der Waals surface area contributed by atoms with Gasteiger partial charge in [-0.05, 0) is 66.9 Å². The minimum Gasteiger partial charge on any atom is -0.262 e. The van der Waals surface area contributed by atoms with E-state index >= 15 is 0 Å². The molecular formula is C35H34N2P2. The van der Waals surface area contributed by atoms with Crippen molar-refractivity contribution in [2.24, 2.45) is 15.4 Å². The number of nitrogens with zero attached hydrogens (tertiary/aromatic N) is 2. The van der Waals surface area contributed by atoms with Gasteiger partial charge in [-0.15, -0.1) is 0 Å². The molecule has 0 saturated carbocycles. The zero-order chi connectivity index (χ0) is 26.5. The molecule has 39 heavy (non-hydrogen) atoms. The quantitative estimate of drug-likeness (QED) is 0.180. The van der Waals surface area contributed by atoms with Crippen molar-refractivity contribution in [2.75, 3.05) is 0 Å². The predicted octanol–water partition coefficient (Wildman–Crippen LogP) is 9.71. The van der Waals surface area contributed by atoms with E-state index < -0.39 is 14.1 Å². The summed E-state index contributed by atoms with van der Waals surface area (Å²) >= 11 is 0. The minimum atomic E-state index is -2.10. The second-order valence-electron chi connectivity index (χ2n) is 11.1. The lowest BCUT2D eigenvalue weighted by atomic mass is 9.92. The van der Waals surface area contributed by atoms with Crippen molar-refractivity contribution < 1.29 is 0 Å². The van der Waals surface area contributed by atoms with Gasteiger partial charge in [-0.3, -0.25) is 9.49 Å². The van der Waals surface area contributed by atoms with Gasteiger partial charge in [-0.1, -0.05) is 114 Å². The Kier molecular flexibility index (Phi) is 6.23. The van der Waals surface area contributed by atoms with Crippen LogP contribution in [0.3, 0.4) is 0 Å². The van der Waals surface area contributed by atoms with Gasteiger partial charge in [-0.2, -0.15) is 0 Å². The normalized spacial score (nSPS) is 30.7. The van der Waals surface area contributed by atoms with Crippen LogP contribution in [0, 0.1) is 5.92 Å². The summed E-state index contributed by atoms with van der Waals surface area (Å²) in [6.07, 6.45) is 3.80. The molecular weight excluding hydrogens is 510 g/mol. The number of fused-ring (bicyclic) bond motifs is 4. The summed E-state index contributed by atoms with van der Waals surface area (Å²) in [5.41, 5.74) is 6.50. The van der Waals surface area contributed by atoms with Gasteiger partial charge >= 0.3 is 0 Å². The molecule has 3 aliphatic heterocycles. The van der Waals surface area contributed by atoms with E-state index in [1.165, 1.54) is 21.8 Å².